The normalized spacial score (nSPS) is 19.0. The Morgan fingerprint density at radius 2 is 1.94 bits per heavy atom. The largest absolute Gasteiger partial charge is 0.306 e. The molecule has 0 spiro atoms. The van der Waals surface area contributed by atoms with E-state index >= 15 is 0 Å². The second kappa shape index (κ2) is 9.22. The van der Waals surface area contributed by atoms with Crippen LogP contribution in [0.5, 0.6) is 0 Å². The Morgan fingerprint density at radius 3 is 2.50 bits per heavy atom. The zero-order chi connectivity index (χ0) is 13.4. The fourth-order valence-corrected chi connectivity index (χ4v) is 3.38. The Hall–Kier alpha value is 0.270. The van der Waals surface area contributed by atoms with Crippen LogP contribution >= 0.6 is 11.8 Å². The number of nitrogens with zero attached hydrogens (tertiary/aromatic N) is 2. The Labute approximate surface area is 118 Å². The SMILES string of the molecule is CSCCCN1CCC(CN(C)CC(C)C)CC1. The Bertz CT molecular complexity index is 201. The minimum Gasteiger partial charge on any atom is -0.306 e. The Kier molecular flexibility index (Phi) is 8.36. The monoisotopic (exact) mass is 272 g/mol. The van der Waals surface area contributed by atoms with Crippen molar-refractivity contribution in [3.05, 3.63) is 0 Å². The van der Waals surface area contributed by atoms with Crippen LogP contribution in [-0.4, -0.2) is 61.6 Å². The molecule has 3 heteroatoms. The topological polar surface area (TPSA) is 6.48 Å². The lowest BCUT2D eigenvalue weighted by molar-refractivity contribution is 0.150. The molecule has 1 aliphatic heterocycles. The molecule has 0 aromatic rings. The number of thioether (sulfide) groups is 1. The van der Waals surface area contributed by atoms with E-state index in [1.54, 1.807) is 0 Å². The number of hydrogen-bond donors (Lipinski definition) is 0. The van der Waals surface area contributed by atoms with Crippen molar-refractivity contribution in [3.63, 3.8) is 0 Å². The molecule has 1 saturated heterocycles. The first kappa shape index (κ1) is 16.3. The van der Waals surface area contributed by atoms with Gasteiger partial charge in [-0.25, -0.2) is 0 Å². The Balaban J connectivity index is 2.11. The summed E-state index contributed by atoms with van der Waals surface area (Å²) < 4.78 is 0. The second-order valence-corrected chi connectivity index (χ2v) is 7.23. The molecule has 1 aliphatic rings. The first-order chi connectivity index (χ1) is 8.61. The van der Waals surface area contributed by atoms with Gasteiger partial charge in [0.2, 0.25) is 0 Å². The molecule has 0 saturated carbocycles. The van der Waals surface area contributed by atoms with Crippen molar-refractivity contribution in [3.8, 4) is 0 Å². The van der Waals surface area contributed by atoms with Gasteiger partial charge in [0, 0.05) is 13.1 Å². The van der Waals surface area contributed by atoms with Gasteiger partial charge in [0.15, 0.2) is 0 Å². The summed E-state index contributed by atoms with van der Waals surface area (Å²) in [5, 5.41) is 0. The first-order valence-corrected chi connectivity index (χ1v) is 8.91. The van der Waals surface area contributed by atoms with Crippen LogP contribution in [0.4, 0.5) is 0 Å². The molecule has 0 aliphatic carbocycles. The lowest BCUT2D eigenvalue weighted by atomic mass is 9.96. The van der Waals surface area contributed by atoms with Crippen LogP contribution in [0.2, 0.25) is 0 Å². The van der Waals surface area contributed by atoms with Gasteiger partial charge in [-0.15, -0.1) is 0 Å². The van der Waals surface area contributed by atoms with Crippen molar-refractivity contribution in [2.75, 3.05) is 51.8 Å². The van der Waals surface area contributed by atoms with Gasteiger partial charge < -0.3 is 9.80 Å². The van der Waals surface area contributed by atoms with Crippen molar-refractivity contribution in [2.45, 2.75) is 33.1 Å². The molecule has 2 nitrogen and oxygen atoms in total. The third kappa shape index (κ3) is 7.01. The van der Waals surface area contributed by atoms with Crippen molar-refractivity contribution >= 4 is 11.8 Å². The summed E-state index contributed by atoms with van der Waals surface area (Å²) in [6.07, 6.45) is 6.37. The first-order valence-electron chi connectivity index (χ1n) is 7.51. The van der Waals surface area contributed by atoms with Gasteiger partial charge in [-0.3, -0.25) is 0 Å². The third-order valence-electron chi connectivity index (χ3n) is 3.78. The van der Waals surface area contributed by atoms with Crippen LogP contribution in [-0.2, 0) is 0 Å². The van der Waals surface area contributed by atoms with E-state index in [0.29, 0.717) is 0 Å². The molecule has 0 aromatic carbocycles. The zero-order valence-corrected chi connectivity index (χ0v) is 13.6. The van der Waals surface area contributed by atoms with Gasteiger partial charge >= 0.3 is 0 Å². The number of piperidine rings is 1. The maximum absolute atomic E-state index is 2.66. The summed E-state index contributed by atoms with van der Waals surface area (Å²) >= 11 is 1.97. The van der Waals surface area contributed by atoms with Crippen molar-refractivity contribution in [2.24, 2.45) is 11.8 Å². The van der Waals surface area contributed by atoms with E-state index < -0.39 is 0 Å². The summed E-state index contributed by atoms with van der Waals surface area (Å²) in [4.78, 5) is 5.19. The molecule has 0 N–H and O–H groups in total. The quantitative estimate of drug-likeness (QED) is 0.627. The van der Waals surface area contributed by atoms with E-state index in [4.69, 9.17) is 0 Å². The van der Waals surface area contributed by atoms with Crippen LogP contribution in [0, 0.1) is 11.8 Å². The molecular weight excluding hydrogens is 240 g/mol. The standard InChI is InChI=1S/C15H32N2S/c1-14(2)12-16(3)13-15-6-9-17(10-7-15)8-5-11-18-4/h14-15H,5-13H2,1-4H3. The highest BCUT2D eigenvalue weighted by atomic mass is 32.2. The summed E-state index contributed by atoms with van der Waals surface area (Å²) in [5.74, 6) is 3.05. The number of hydrogen-bond acceptors (Lipinski definition) is 3. The molecule has 0 aromatic heterocycles. The molecule has 1 heterocycles. The predicted molar refractivity (Wildman–Crippen MR) is 84.5 cm³/mol. The van der Waals surface area contributed by atoms with Crippen LogP contribution in [0.25, 0.3) is 0 Å². The maximum atomic E-state index is 2.66. The van der Waals surface area contributed by atoms with E-state index in [2.05, 4.69) is 37.0 Å². The van der Waals surface area contributed by atoms with E-state index in [1.165, 1.54) is 57.7 Å². The van der Waals surface area contributed by atoms with Crippen molar-refractivity contribution < 1.29 is 0 Å². The lowest BCUT2D eigenvalue weighted by Gasteiger charge is -2.34. The molecule has 1 rings (SSSR count). The molecule has 1 fully saturated rings. The fraction of sp³-hybridized carbons (Fsp3) is 1.00. The van der Waals surface area contributed by atoms with E-state index in [-0.39, 0.29) is 0 Å². The summed E-state index contributed by atoms with van der Waals surface area (Å²) in [6.45, 7) is 11.1. The molecule has 18 heavy (non-hydrogen) atoms. The zero-order valence-electron chi connectivity index (χ0n) is 12.8. The highest BCUT2D eigenvalue weighted by Crippen LogP contribution is 2.18. The lowest BCUT2D eigenvalue weighted by Crippen LogP contribution is -2.39. The summed E-state index contributed by atoms with van der Waals surface area (Å²) in [5.41, 5.74) is 0. The minimum atomic E-state index is 0.793. The van der Waals surface area contributed by atoms with Crippen LogP contribution in [0.15, 0.2) is 0 Å². The van der Waals surface area contributed by atoms with Crippen LogP contribution in [0.1, 0.15) is 33.1 Å². The van der Waals surface area contributed by atoms with Gasteiger partial charge in [-0.2, -0.15) is 11.8 Å². The average molecular weight is 273 g/mol. The minimum absolute atomic E-state index is 0.793. The summed E-state index contributed by atoms with van der Waals surface area (Å²) in [6, 6.07) is 0. The molecular formula is C15H32N2S. The van der Waals surface area contributed by atoms with E-state index in [9.17, 15) is 0 Å². The molecule has 0 bridgehead atoms. The fourth-order valence-electron chi connectivity index (χ4n) is 2.96. The van der Waals surface area contributed by atoms with Crippen LogP contribution in [0.3, 0.4) is 0 Å². The third-order valence-corrected chi connectivity index (χ3v) is 4.47. The number of rotatable bonds is 8. The predicted octanol–water partition coefficient (Wildman–Crippen LogP) is 3.04. The molecule has 0 atom stereocenters. The van der Waals surface area contributed by atoms with Crippen molar-refractivity contribution in [1.29, 1.82) is 0 Å². The molecule has 0 radical (unpaired) electrons. The molecule has 0 amide bonds. The Morgan fingerprint density at radius 1 is 1.28 bits per heavy atom. The van der Waals surface area contributed by atoms with E-state index in [1.807, 2.05) is 11.8 Å². The van der Waals surface area contributed by atoms with Gasteiger partial charge in [-0.1, -0.05) is 13.8 Å². The highest BCUT2D eigenvalue weighted by molar-refractivity contribution is 7.98. The number of likely N-dealkylation sites (tertiary alicyclic amines) is 1. The van der Waals surface area contributed by atoms with Gasteiger partial charge in [0.05, 0.1) is 0 Å². The van der Waals surface area contributed by atoms with Gasteiger partial charge in [0.25, 0.3) is 0 Å². The summed E-state index contributed by atoms with van der Waals surface area (Å²) in [7, 11) is 2.28. The van der Waals surface area contributed by atoms with Crippen LogP contribution < -0.4 is 0 Å². The van der Waals surface area contributed by atoms with E-state index in [0.717, 1.165) is 11.8 Å². The highest BCUT2D eigenvalue weighted by Gasteiger charge is 2.20. The van der Waals surface area contributed by atoms with Crippen molar-refractivity contribution in [1.82, 2.24) is 9.80 Å². The second-order valence-electron chi connectivity index (χ2n) is 6.25. The van der Waals surface area contributed by atoms with Gasteiger partial charge in [-0.05, 0) is 69.8 Å². The molecule has 108 valence electrons. The maximum Gasteiger partial charge on any atom is 0.000767 e. The van der Waals surface area contributed by atoms with Gasteiger partial charge in [0.1, 0.15) is 0 Å². The average Bonchev–Trinajstić information content (AvgIpc) is 2.30. The smallest absolute Gasteiger partial charge is 0.000767 e. The molecule has 0 unspecified atom stereocenters.